The molecule has 0 N–H and O–H groups in total. The smallest absolute Gasteiger partial charge is 0.343 e. The topological polar surface area (TPSA) is 109 Å². The Morgan fingerprint density at radius 1 is 0.789 bits per heavy atom. The highest BCUT2D eigenvalue weighted by atomic mass is 16.5. The molecule has 3 aromatic rings. The van der Waals surface area contributed by atoms with E-state index in [-0.39, 0.29) is 16.9 Å². The first-order chi connectivity index (χ1) is 18.6. The number of aromatic nitrogens is 2. The van der Waals surface area contributed by atoms with Gasteiger partial charge >= 0.3 is 5.97 Å². The molecule has 196 valence electrons. The number of aryl methyl sites for hydroxylation is 1. The Kier molecular flexibility index (Phi) is 11.3. The molecule has 1 heterocycles. The van der Waals surface area contributed by atoms with E-state index in [1.807, 2.05) is 31.5 Å². The van der Waals surface area contributed by atoms with Crippen LogP contribution in [0.4, 0.5) is 0 Å². The number of benzene rings is 2. The maximum atomic E-state index is 12.8. The van der Waals surface area contributed by atoms with E-state index < -0.39 is 5.97 Å². The number of esters is 1. The standard InChI is InChI=1S/C31H34N4O3/c1-3-5-6-7-8-9-10-11-23-21-34-30(35-22-23)24-12-14-25(15-13-24)31(36)38-29-17-16-28(37-18-4-2)26(19-32)27(29)20-33/h12-17,21-22H,3-11,18H2,1-2H3. The summed E-state index contributed by atoms with van der Waals surface area (Å²) >= 11 is 0. The van der Waals surface area contributed by atoms with Crippen LogP contribution in [0.5, 0.6) is 11.5 Å². The largest absolute Gasteiger partial charge is 0.492 e. The van der Waals surface area contributed by atoms with Crippen molar-refractivity contribution in [2.75, 3.05) is 6.61 Å². The predicted octanol–water partition coefficient (Wildman–Crippen LogP) is 7.19. The third kappa shape index (κ3) is 7.88. The molecule has 7 nitrogen and oxygen atoms in total. The molecule has 0 spiro atoms. The summed E-state index contributed by atoms with van der Waals surface area (Å²) in [5.41, 5.74) is 2.23. The van der Waals surface area contributed by atoms with E-state index in [1.54, 1.807) is 24.3 Å². The highest BCUT2D eigenvalue weighted by Gasteiger charge is 2.19. The molecule has 0 amide bonds. The molecule has 0 saturated heterocycles. The summed E-state index contributed by atoms with van der Waals surface area (Å²) in [6, 6.07) is 13.7. The van der Waals surface area contributed by atoms with Crippen LogP contribution in [-0.2, 0) is 6.42 Å². The Balaban J connectivity index is 1.60. The fourth-order valence-electron chi connectivity index (χ4n) is 4.04. The molecule has 0 atom stereocenters. The Labute approximate surface area is 225 Å². The van der Waals surface area contributed by atoms with Crippen molar-refractivity contribution >= 4 is 5.97 Å². The molecule has 0 radical (unpaired) electrons. The lowest BCUT2D eigenvalue weighted by Crippen LogP contribution is -2.10. The molecular formula is C31H34N4O3. The molecule has 0 fully saturated rings. The van der Waals surface area contributed by atoms with E-state index in [2.05, 4.69) is 16.9 Å². The maximum Gasteiger partial charge on any atom is 0.343 e. The minimum Gasteiger partial charge on any atom is -0.492 e. The number of nitrogens with zero attached hydrogens (tertiary/aromatic N) is 4. The van der Waals surface area contributed by atoms with E-state index >= 15 is 0 Å². The van der Waals surface area contributed by atoms with Gasteiger partial charge in [-0.05, 0) is 49.1 Å². The third-order valence-corrected chi connectivity index (χ3v) is 6.17. The van der Waals surface area contributed by atoms with Crippen LogP contribution in [0.3, 0.4) is 0 Å². The zero-order valence-electron chi connectivity index (χ0n) is 22.2. The lowest BCUT2D eigenvalue weighted by atomic mass is 10.1. The van der Waals surface area contributed by atoms with Gasteiger partial charge in [0.25, 0.3) is 0 Å². The van der Waals surface area contributed by atoms with Crippen LogP contribution < -0.4 is 9.47 Å². The Hall–Kier alpha value is -4.23. The highest BCUT2D eigenvalue weighted by Crippen LogP contribution is 2.30. The Morgan fingerprint density at radius 2 is 1.39 bits per heavy atom. The van der Waals surface area contributed by atoms with Gasteiger partial charge in [-0.2, -0.15) is 10.5 Å². The van der Waals surface area contributed by atoms with Crippen LogP contribution in [0.1, 0.15) is 92.3 Å². The van der Waals surface area contributed by atoms with E-state index in [4.69, 9.17) is 9.47 Å². The zero-order valence-corrected chi connectivity index (χ0v) is 22.2. The van der Waals surface area contributed by atoms with Gasteiger partial charge in [-0.1, -0.05) is 64.5 Å². The first-order valence-electron chi connectivity index (χ1n) is 13.3. The molecule has 0 aliphatic carbocycles. The molecular weight excluding hydrogens is 476 g/mol. The number of hydrogen-bond acceptors (Lipinski definition) is 7. The number of carbonyl (C=O) groups is 1. The minimum atomic E-state index is -0.634. The van der Waals surface area contributed by atoms with E-state index in [9.17, 15) is 15.3 Å². The van der Waals surface area contributed by atoms with Crippen molar-refractivity contribution in [3.8, 4) is 35.0 Å². The van der Waals surface area contributed by atoms with Gasteiger partial charge in [0.15, 0.2) is 11.6 Å². The molecule has 0 unspecified atom stereocenters. The van der Waals surface area contributed by atoms with Gasteiger partial charge in [-0.15, -0.1) is 0 Å². The SMILES string of the molecule is CCCCCCCCCc1cnc(-c2ccc(C(=O)Oc3ccc(OCCC)c(C#N)c3C#N)cc2)nc1. The van der Waals surface area contributed by atoms with E-state index in [1.165, 1.54) is 50.7 Å². The second-order valence-electron chi connectivity index (χ2n) is 9.14. The number of unbranched alkanes of at least 4 members (excludes halogenated alkanes) is 6. The molecule has 0 aliphatic heterocycles. The third-order valence-electron chi connectivity index (χ3n) is 6.17. The Bertz CT molecular complexity index is 1270. The average molecular weight is 511 g/mol. The van der Waals surface area contributed by atoms with E-state index in [0.29, 0.717) is 23.7 Å². The monoisotopic (exact) mass is 510 g/mol. The molecule has 7 heteroatoms. The van der Waals surface area contributed by atoms with Gasteiger partial charge in [0.1, 0.15) is 29.0 Å². The summed E-state index contributed by atoms with van der Waals surface area (Å²) in [5, 5.41) is 19.1. The quantitative estimate of drug-likeness (QED) is 0.128. The van der Waals surface area contributed by atoms with Gasteiger partial charge in [-0.25, -0.2) is 14.8 Å². The van der Waals surface area contributed by atoms with Crippen LogP contribution in [0, 0.1) is 22.7 Å². The van der Waals surface area contributed by atoms with Crippen molar-refractivity contribution in [1.29, 1.82) is 10.5 Å². The van der Waals surface area contributed by atoms with Crippen LogP contribution in [-0.4, -0.2) is 22.5 Å². The lowest BCUT2D eigenvalue weighted by molar-refractivity contribution is 0.0734. The molecule has 0 aliphatic rings. The van der Waals surface area contributed by atoms with Crippen LogP contribution >= 0.6 is 0 Å². The van der Waals surface area contributed by atoms with Crippen LogP contribution in [0.2, 0.25) is 0 Å². The summed E-state index contributed by atoms with van der Waals surface area (Å²) < 4.78 is 11.0. The maximum absolute atomic E-state index is 12.8. The Morgan fingerprint density at radius 3 is 2.03 bits per heavy atom. The summed E-state index contributed by atoms with van der Waals surface area (Å²) in [6.45, 7) is 4.59. The average Bonchev–Trinajstić information content (AvgIpc) is 2.96. The fraction of sp³-hybridized carbons (Fsp3) is 0.387. The number of nitriles is 2. The number of carbonyl (C=O) groups excluding carboxylic acids is 1. The van der Waals surface area contributed by atoms with Crippen LogP contribution in [0.15, 0.2) is 48.8 Å². The molecule has 2 aromatic carbocycles. The lowest BCUT2D eigenvalue weighted by Gasteiger charge is -2.11. The molecule has 0 saturated carbocycles. The van der Waals surface area contributed by atoms with Gasteiger partial charge in [0.05, 0.1) is 12.2 Å². The summed E-state index contributed by atoms with van der Waals surface area (Å²) in [7, 11) is 0. The van der Waals surface area contributed by atoms with Crippen molar-refractivity contribution in [3.63, 3.8) is 0 Å². The predicted molar refractivity (Wildman–Crippen MR) is 146 cm³/mol. The first-order valence-corrected chi connectivity index (χ1v) is 13.3. The van der Waals surface area contributed by atoms with Crippen molar-refractivity contribution in [2.24, 2.45) is 0 Å². The van der Waals surface area contributed by atoms with Crippen molar-refractivity contribution in [2.45, 2.75) is 71.6 Å². The van der Waals surface area contributed by atoms with Gasteiger partial charge in [-0.3, -0.25) is 0 Å². The van der Waals surface area contributed by atoms with Crippen LogP contribution in [0.25, 0.3) is 11.4 Å². The minimum absolute atomic E-state index is 0.0156. The second kappa shape index (κ2) is 15.1. The van der Waals surface area contributed by atoms with Crippen molar-refractivity contribution < 1.29 is 14.3 Å². The molecule has 3 rings (SSSR count). The van der Waals surface area contributed by atoms with Gasteiger partial charge in [0.2, 0.25) is 0 Å². The first kappa shape index (κ1) is 28.3. The summed E-state index contributed by atoms with van der Waals surface area (Å²) in [6.07, 6.45) is 14.4. The number of rotatable bonds is 14. The highest BCUT2D eigenvalue weighted by molar-refractivity contribution is 5.92. The second-order valence-corrected chi connectivity index (χ2v) is 9.14. The number of hydrogen-bond donors (Lipinski definition) is 0. The molecule has 1 aromatic heterocycles. The fourth-order valence-corrected chi connectivity index (χ4v) is 4.04. The zero-order chi connectivity index (χ0) is 27.2. The van der Waals surface area contributed by atoms with Gasteiger partial charge < -0.3 is 9.47 Å². The summed E-state index contributed by atoms with van der Waals surface area (Å²) in [5.74, 6) is 0.261. The number of ether oxygens (including phenoxy) is 2. The summed E-state index contributed by atoms with van der Waals surface area (Å²) in [4.78, 5) is 21.7. The van der Waals surface area contributed by atoms with Crippen molar-refractivity contribution in [3.05, 3.63) is 71.0 Å². The normalized spacial score (nSPS) is 10.4. The molecule has 38 heavy (non-hydrogen) atoms. The van der Waals surface area contributed by atoms with Crippen molar-refractivity contribution in [1.82, 2.24) is 9.97 Å². The molecule has 0 bridgehead atoms. The van der Waals surface area contributed by atoms with Gasteiger partial charge in [0, 0.05) is 18.0 Å². The van der Waals surface area contributed by atoms with E-state index in [0.717, 1.165) is 30.4 Å².